The van der Waals surface area contributed by atoms with Crippen LogP contribution in [0.15, 0.2) is 24.3 Å². The zero-order chi connectivity index (χ0) is 15.2. The van der Waals surface area contributed by atoms with Crippen LogP contribution in [0.25, 0.3) is 0 Å². The van der Waals surface area contributed by atoms with Gasteiger partial charge >= 0.3 is 5.97 Å². The van der Waals surface area contributed by atoms with Crippen LogP contribution in [0.2, 0.25) is 0 Å². The Labute approximate surface area is 122 Å². The molecule has 1 fully saturated rings. The lowest BCUT2D eigenvalue weighted by Gasteiger charge is -2.22. The maximum atomic E-state index is 11.7. The highest BCUT2D eigenvalue weighted by atomic mass is 16.5. The molecular formula is C15H18N2O4. The van der Waals surface area contributed by atoms with Crippen LogP contribution in [0.1, 0.15) is 24.0 Å². The highest BCUT2D eigenvalue weighted by Gasteiger charge is 2.26. The molecule has 1 aromatic rings. The molecular weight excluding hydrogens is 272 g/mol. The van der Waals surface area contributed by atoms with Crippen molar-refractivity contribution in [3.63, 3.8) is 0 Å². The van der Waals surface area contributed by atoms with Crippen molar-refractivity contribution in [1.29, 1.82) is 0 Å². The Bertz CT molecular complexity index is 556. The molecule has 6 nitrogen and oxygen atoms in total. The van der Waals surface area contributed by atoms with Gasteiger partial charge in [-0.3, -0.25) is 19.7 Å². The summed E-state index contributed by atoms with van der Waals surface area (Å²) in [6.45, 7) is 0.458. The molecule has 2 amide bonds. The first kappa shape index (κ1) is 15.2. The van der Waals surface area contributed by atoms with Gasteiger partial charge in [0.2, 0.25) is 11.8 Å². The van der Waals surface area contributed by atoms with E-state index in [1.165, 1.54) is 7.11 Å². The number of carbonyl (C=O) groups is 3. The van der Waals surface area contributed by atoms with Gasteiger partial charge in [0.1, 0.15) is 0 Å². The SMILES string of the molecule is COC(=O)Cc1ccccc1CNC1CCC(=O)NC1=O. The second kappa shape index (κ2) is 6.99. The molecule has 6 heteroatoms. The highest BCUT2D eigenvalue weighted by molar-refractivity contribution is 6.00. The van der Waals surface area contributed by atoms with Gasteiger partial charge in [0.25, 0.3) is 0 Å². The summed E-state index contributed by atoms with van der Waals surface area (Å²) < 4.78 is 4.67. The van der Waals surface area contributed by atoms with Crippen molar-refractivity contribution >= 4 is 17.8 Å². The smallest absolute Gasteiger partial charge is 0.309 e. The van der Waals surface area contributed by atoms with E-state index in [0.29, 0.717) is 19.4 Å². The molecule has 0 radical (unpaired) electrons. The molecule has 1 aromatic carbocycles. The minimum atomic E-state index is -0.381. The quantitative estimate of drug-likeness (QED) is 0.602. The molecule has 1 aliphatic rings. The Morgan fingerprint density at radius 2 is 2.05 bits per heavy atom. The second-order valence-electron chi connectivity index (χ2n) is 4.91. The molecule has 0 spiro atoms. The fourth-order valence-electron chi connectivity index (χ4n) is 2.25. The molecule has 1 aliphatic heterocycles. The average molecular weight is 290 g/mol. The van der Waals surface area contributed by atoms with E-state index in [1.54, 1.807) is 0 Å². The van der Waals surface area contributed by atoms with Crippen LogP contribution in [0, 0.1) is 0 Å². The zero-order valence-corrected chi connectivity index (χ0v) is 11.8. The maximum absolute atomic E-state index is 11.7. The third kappa shape index (κ3) is 4.13. The molecule has 0 bridgehead atoms. The fourth-order valence-corrected chi connectivity index (χ4v) is 2.25. The molecule has 1 saturated heterocycles. The largest absolute Gasteiger partial charge is 0.469 e. The van der Waals surface area contributed by atoms with Gasteiger partial charge in [-0.2, -0.15) is 0 Å². The lowest BCUT2D eigenvalue weighted by Crippen LogP contribution is -2.50. The van der Waals surface area contributed by atoms with Crippen LogP contribution in [-0.4, -0.2) is 30.9 Å². The molecule has 112 valence electrons. The molecule has 1 heterocycles. The summed E-state index contributed by atoms with van der Waals surface area (Å²) in [6.07, 6.45) is 1.03. The number of piperidine rings is 1. The molecule has 0 aromatic heterocycles. The molecule has 1 unspecified atom stereocenters. The van der Waals surface area contributed by atoms with Crippen molar-refractivity contribution in [2.24, 2.45) is 0 Å². The number of ether oxygens (including phenoxy) is 1. The second-order valence-corrected chi connectivity index (χ2v) is 4.91. The van der Waals surface area contributed by atoms with Crippen molar-refractivity contribution in [1.82, 2.24) is 10.6 Å². The van der Waals surface area contributed by atoms with E-state index in [1.807, 2.05) is 24.3 Å². The first-order valence-corrected chi connectivity index (χ1v) is 6.81. The van der Waals surface area contributed by atoms with Crippen LogP contribution in [0.5, 0.6) is 0 Å². The third-order valence-electron chi connectivity index (χ3n) is 3.46. The molecule has 2 rings (SSSR count). The summed E-state index contributed by atoms with van der Waals surface area (Å²) in [5.74, 6) is -0.829. The summed E-state index contributed by atoms with van der Waals surface area (Å²) >= 11 is 0. The molecule has 21 heavy (non-hydrogen) atoms. The van der Waals surface area contributed by atoms with Crippen molar-refractivity contribution < 1.29 is 19.1 Å². The summed E-state index contributed by atoms with van der Waals surface area (Å²) in [7, 11) is 1.35. The van der Waals surface area contributed by atoms with Crippen molar-refractivity contribution in [3.05, 3.63) is 35.4 Å². The highest BCUT2D eigenvalue weighted by Crippen LogP contribution is 2.12. The van der Waals surface area contributed by atoms with E-state index in [2.05, 4.69) is 15.4 Å². The number of benzene rings is 1. The van der Waals surface area contributed by atoms with Crippen molar-refractivity contribution in [3.8, 4) is 0 Å². The van der Waals surface area contributed by atoms with E-state index in [-0.39, 0.29) is 30.2 Å². The number of hydrogen-bond acceptors (Lipinski definition) is 5. The van der Waals surface area contributed by atoms with E-state index >= 15 is 0 Å². The van der Waals surface area contributed by atoms with E-state index in [4.69, 9.17) is 0 Å². The number of amides is 2. The Kier molecular flexibility index (Phi) is 5.05. The van der Waals surface area contributed by atoms with Crippen LogP contribution < -0.4 is 10.6 Å². The predicted molar refractivity (Wildman–Crippen MR) is 75.2 cm³/mol. The van der Waals surface area contributed by atoms with Crippen molar-refractivity contribution in [2.75, 3.05) is 7.11 Å². The van der Waals surface area contributed by atoms with Gasteiger partial charge in [-0.05, 0) is 17.5 Å². The number of methoxy groups -OCH3 is 1. The van der Waals surface area contributed by atoms with E-state index in [0.717, 1.165) is 11.1 Å². The number of carbonyl (C=O) groups excluding carboxylic acids is 3. The number of hydrogen-bond donors (Lipinski definition) is 2. The summed E-state index contributed by atoms with van der Waals surface area (Å²) in [4.78, 5) is 34.1. The zero-order valence-electron chi connectivity index (χ0n) is 11.8. The number of rotatable bonds is 5. The van der Waals surface area contributed by atoms with Gasteiger partial charge < -0.3 is 10.1 Å². The third-order valence-corrected chi connectivity index (χ3v) is 3.46. The molecule has 2 N–H and O–H groups in total. The van der Waals surface area contributed by atoms with Gasteiger partial charge in [0, 0.05) is 13.0 Å². The van der Waals surface area contributed by atoms with Crippen LogP contribution in [0.3, 0.4) is 0 Å². The Morgan fingerprint density at radius 3 is 2.71 bits per heavy atom. The molecule has 0 saturated carbocycles. The normalized spacial score (nSPS) is 18.2. The monoisotopic (exact) mass is 290 g/mol. The first-order valence-electron chi connectivity index (χ1n) is 6.81. The number of esters is 1. The van der Waals surface area contributed by atoms with E-state index < -0.39 is 0 Å². The van der Waals surface area contributed by atoms with Crippen LogP contribution in [-0.2, 0) is 32.1 Å². The number of imide groups is 1. The predicted octanol–water partition coefficient (Wildman–Crippen LogP) is 0.297. The lowest BCUT2D eigenvalue weighted by atomic mass is 10.0. The van der Waals surface area contributed by atoms with E-state index in [9.17, 15) is 14.4 Å². The van der Waals surface area contributed by atoms with Gasteiger partial charge in [0.15, 0.2) is 0 Å². The van der Waals surface area contributed by atoms with Gasteiger partial charge in [-0.15, -0.1) is 0 Å². The maximum Gasteiger partial charge on any atom is 0.309 e. The summed E-state index contributed by atoms with van der Waals surface area (Å²) in [5, 5.41) is 5.43. The van der Waals surface area contributed by atoms with Gasteiger partial charge in [-0.25, -0.2) is 0 Å². The minimum Gasteiger partial charge on any atom is -0.469 e. The first-order chi connectivity index (χ1) is 10.1. The fraction of sp³-hybridized carbons (Fsp3) is 0.400. The Morgan fingerprint density at radius 1 is 1.33 bits per heavy atom. The minimum absolute atomic E-state index is 0.198. The Hall–Kier alpha value is -2.21. The molecule has 0 aliphatic carbocycles. The van der Waals surface area contributed by atoms with Crippen molar-refractivity contribution in [2.45, 2.75) is 31.8 Å². The van der Waals surface area contributed by atoms with Crippen LogP contribution >= 0.6 is 0 Å². The molecule has 1 atom stereocenters. The van der Waals surface area contributed by atoms with Crippen LogP contribution in [0.4, 0.5) is 0 Å². The standard InChI is InChI=1S/C15H18N2O4/c1-21-14(19)8-10-4-2-3-5-11(10)9-16-12-6-7-13(18)17-15(12)20/h2-5,12,16H,6-9H2,1H3,(H,17,18,20). The number of nitrogens with one attached hydrogen (secondary N) is 2. The topological polar surface area (TPSA) is 84.5 Å². The van der Waals surface area contributed by atoms with Gasteiger partial charge in [-0.1, -0.05) is 24.3 Å². The van der Waals surface area contributed by atoms with Gasteiger partial charge in [0.05, 0.1) is 19.6 Å². The lowest BCUT2D eigenvalue weighted by molar-refractivity contribution is -0.140. The average Bonchev–Trinajstić information content (AvgIpc) is 2.47. The summed E-state index contributed by atoms with van der Waals surface area (Å²) in [6, 6.07) is 7.11. The Balaban J connectivity index is 1.98. The summed E-state index contributed by atoms with van der Waals surface area (Å²) in [5.41, 5.74) is 1.80.